The molecular weight excluding hydrogens is 216 g/mol. The predicted octanol–water partition coefficient (Wildman–Crippen LogP) is 1.30. The maximum Gasteiger partial charge on any atom is 0.193 e. The first kappa shape index (κ1) is 10.2. The topological polar surface area (TPSA) is 69.9 Å². The van der Waals surface area contributed by atoms with Crippen LogP contribution < -0.4 is 5.73 Å². The number of furan rings is 1. The molecule has 15 heavy (non-hydrogen) atoms. The average Bonchev–Trinajstić information content (AvgIpc) is 2.77. The zero-order chi connectivity index (χ0) is 10.8. The van der Waals surface area contributed by atoms with Crippen LogP contribution in [-0.4, -0.2) is 14.8 Å². The van der Waals surface area contributed by atoms with Crippen molar-refractivity contribution in [2.45, 2.75) is 12.5 Å². The Morgan fingerprint density at radius 3 is 2.93 bits per heavy atom. The van der Waals surface area contributed by atoms with E-state index in [0.29, 0.717) is 17.4 Å². The van der Waals surface area contributed by atoms with E-state index in [1.165, 1.54) is 6.33 Å². The first-order chi connectivity index (χ1) is 7.16. The molecule has 0 aliphatic rings. The zero-order valence-corrected chi connectivity index (χ0v) is 8.98. The van der Waals surface area contributed by atoms with Crippen LogP contribution >= 0.6 is 11.6 Å². The summed E-state index contributed by atoms with van der Waals surface area (Å²) in [7, 11) is 1.82. The van der Waals surface area contributed by atoms with Crippen LogP contribution in [0.2, 0.25) is 5.22 Å². The third kappa shape index (κ3) is 2.19. The molecule has 80 valence electrons. The Hall–Kier alpha value is -1.33. The Morgan fingerprint density at radius 2 is 2.40 bits per heavy atom. The second-order valence-corrected chi connectivity index (χ2v) is 3.62. The van der Waals surface area contributed by atoms with Crippen molar-refractivity contribution in [2.75, 3.05) is 0 Å². The van der Waals surface area contributed by atoms with E-state index >= 15 is 0 Å². The molecule has 0 aliphatic carbocycles. The Balaban J connectivity index is 2.10. The molecule has 0 aliphatic heterocycles. The van der Waals surface area contributed by atoms with Gasteiger partial charge in [0.2, 0.25) is 0 Å². The van der Waals surface area contributed by atoms with Crippen molar-refractivity contribution in [3.8, 4) is 0 Å². The fourth-order valence-electron chi connectivity index (χ4n) is 1.33. The van der Waals surface area contributed by atoms with Crippen molar-refractivity contribution in [1.29, 1.82) is 0 Å². The monoisotopic (exact) mass is 226 g/mol. The molecule has 2 aromatic rings. The van der Waals surface area contributed by atoms with E-state index in [-0.39, 0.29) is 6.04 Å². The molecule has 1 atom stereocenters. The SMILES string of the molecule is Cn1ncnc1CC(N)c1ccc(Cl)o1. The summed E-state index contributed by atoms with van der Waals surface area (Å²) in [5.74, 6) is 1.47. The Labute approximate surface area is 91.8 Å². The van der Waals surface area contributed by atoms with E-state index < -0.39 is 0 Å². The van der Waals surface area contributed by atoms with Gasteiger partial charge in [0.15, 0.2) is 5.22 Å². The maximum atomic E-state index is 5.93. The minimum absolute atomic E-state index is 0.250. The third-order valence-electron chi connectivity index (χ3n) is 2.17. The molecule has 0 radical (unpaired) electrons. The van der Waals surface area contributed by atoms with Gasteiger partial charge in [-0.3, -0.25) is 4.68 Å². The smallest absolute Gasteiger partial charge is 0.193 e. The highest BCUT2D eigenvalue weighted by Crippen LogP contribution is 2.20. The maximum absolute atomic E-state index is 5.93. The number of nitrogens with zero attached hydrogens (tertiary/aromatic N) is 3. The number of aryl methyl sites for hydroxylation is 1. The van der Waals surface area contributed by atoms with Crippen LogP contribution in [-0.2, 0) is 13.5 Å². The quantitative estimate of drug-likeness (QED) is 0.857. The molecule has 0 aromatic carbocycles. The van der Waals surface area contributed by atoms with Gasteiger partial charge in [0.05, 0.1) is 6.04 Å². The summed E-state index contributed by atoms with van der Waals surface area (Å²) in [6.07, 6.45) is 2.07. The van der Waals surface area contributed by atoms with Gasteiger partial charge in [0, 0.05) is 13.5 Å². The molecular formula is C9H11ClN4O. The van der Waals surface area contributed by atoms with Gasteiger partial charge < -0.3 is 10.2 Å². The van der Waals surface area contributed by atoms with Crippen LogP contribution in [0.4, 0.5) is 0 Å². The highest BCUT2D eigenvalue weighted by Gasteiger charge is 2.13. The zero-order valence-electron chi connectivity index (χ0n) is 8.22. The van der Waals surface area contributed by atoms with Crippen LogP contribution in [0.5, 0.6) is 0 Å². The number of nitrogens with two attached hydrogens (primary N) is 1. The summed E-state index contributed by atoms with van der Waals surface area (Å²) in [5, 5.41) is 4.31. The van der Waals surface area contributed by atoms with Gasteiger partial charge in [-0.25, -0.2) is 4.98 Å². The van der Waals surface area contributed by atoms with Crippen molar-refractivity contribution in [1.82, 2.24) is 14.8 Å². The molecule has 2 aromatic heterocycles. The minimum atomic E-state index is -0.250. The largest absolute Gasteiger partial charge is 0.448 e. The van der Waals surface area contributed by atoms with Gasteiger partial charge in [-0.1, -0.05) is 0 Å². The predicted molar refractivity (Wildman–Crippen MR) is 55.4 cm³/mol. The lowest BCUT2D eigenvalue weighted by Crippen LogP contribution is -2.15. The van der Waals surface area contributed by atoms with E-state index in [1.807, 2.05) is 7.05 Å². The lowest BCUT2D eigenvalue weighted by Gasteiger charge is -2.07. The van der Waals surface area contributed by atoms with Crippen molar-refractivity contribution in [2.24, 2.45) is 12.8 Å². The molecule has 2 rings (SSSR count). The summed E-state index contributed by atoms with van der Waals surface area (Å²) in [5.41, 5.74) is 5.93. The highest BCUT2D eigenvalue weighted by molar-refractivity contribution is 6.28. The Morgan fingerprint density at radius 1 is 1.60 bits per heavy atom. The van der Waals surface area contributed by atoms with E-state index in [0.717, 1.165) is 5.82 Å². The van der Waals surface area contributed by atoms with Gasteiger partial charge in [-0.15, -0.1) is 0 Å². The molecule has 0 fully saturated rings. The van der Waals surface area contributed by atoms with Crippen LogP contribution in [0.1, 0.15) is 17.6 Å². The number of rotatable bonds is 3. The third-order valence-corrected chi connectivity index (χ3v) is 2.37. The fourth-order valence-corrected chi connectivity index (χ4v) is 1.48. The van der Waals surface area contributed by atoms with Gasteiger partial charge >= 0.3 is 0 Å². The summed E-state index contributed by atoms with van der Waals surface area (Å²) in [6.45, 7) is 0. The molecule has 0 saturated heterocycles. The lowest BCUT2D eigenvalue weighted by atomic mass is 10.1. The second kappa shape index (κ2) is 4.04. The Bertz CT molecular complexity index is 450. The number of hydrogen-bond acceptors (Lipinski definition) is 4. The van der Waals surface area contributed by atoms with Crippen molar-refractivity contribution >= 4 is 11.6 Å². The first-order valence-electron chi connectivity index (χ1n) is 4.50. The molecule has 6 heteroatoms. The second-order valence-electron chi connectivity index (χ2n) is 3.25. The van der Waals surface area contributed by atoms with Crippen LogP contribution in [0, 0.1) is 0 Å². The van der Waals surface area contributed by atoms with Gasteiger partial charge in [0.25, 0.3) is 0 Å². The highest BCUT2D eigenvalue weighted by atomic mass is 35.5. The van der Waals surface area contributed by atoms with E-state index in [2.05, 4.69) is 10.1 Å². The number of halogens is 1. The normalized spacial score (nSPS) is 13.0. The van der Waals surface area contributed by atoms with Crippen LogP contribution in [0.25, 0.3) is 0 Å². The summed E-state index contributed by atoms with van der Waals surface area (Å²) in [4.78, 5) is 4.09. The van der Waals surface area contributed by atoms with Crippen molar-refractivity contribution in [3.05, 3.63) is 35.3 Å². The lowest BCUT2D eigenvalue weighted by molar-refractivity contribution is 0.458. The van der Waals surface area contributed by atoms with Crippen molar-refractivity contribution < 1.29 is 4.42 Å². The minimum Gasteiger partial charge on any atom is -0.448 e. The molecule has 1 unspecified atom stereocenters. The fraction of sp³-hybridized carbons (Fsp3) is 0.333. The molecule has 0 saturated carbocycles. The summed E-state index contributed by atoms with van der Waals surface area (Å²) < 4.78 is 6.90. The molecule has 2 N–H and O–H groups in total. The number of aromatic nitrogens is 3. The van der Waals surface area contributed by atoms with Gasteiger partial charge in [-0.05, 0) is 23.7 Å². The van der Waals surface area contributed by atoms with E-state index in [1.54, 1.807) is 16.8 Å². The average molecular weight is 227 g/mol. The summed E-state index contributed by atoms with van der Waals surface area (Å²) >= 11 is 5.66. The number of hydrogen-bond donors (Lipinski definition) is 1. The molecule has 2 heterocycles. The molecule has 0 amide bonds. The van der Waals surface area contributed by atoms with E-state index in [9.17, 15) is 0 Å². The summed E-state index contributed by atoms with van der Waals surface area (Å²) in [6, 6.07) is 3.19. The molecule has 5 nitrogen and oxygen atoms in total. The van der Waals surface area contributed by atoms with Gasteiger partial charge in [-0.2, -0.15) is 5.10 Å². The van der Waals surface area contributed by atoms with E-state index in [4.69, 9.17) is 21.8 Å². The standard InChI is InChI=1S/C9H11ClN4O/c1-14-9(12-5-13-14)4-6(11)7-2-3-8(10)15-7/h2-3,5-6H,4,11H2,1H3. The first-order valence-corrected chi connectivity index (χ1v) is 4.88. The molecule has 0 spiro atoms. The van der Waals surface area contributed by atoms with Crippen LogP contribution in [0.15, 0.2) is 22.9 Å². The molecule has 0 bridgehead atoms. The van der Waals surface area contributed by atoms with Gasteiger partial charge in [0.1, 0.15) is 17.9 Å². The Kier molecular flexibility index (Phi) is 2.75. The van der Waals surface area contributed by atoms with Crippen molar-refractivity contribution in [3.63, 3.8) is 0 Å². The van der Waals surface area contributed by atoms with Crippen LogP contribution in [0.3, 0.4) is 0 Å².